The fourth-order valence-electron chi connectivity index (χ4n) is 3.17. The highest BCUT2D eigenvalue weighted by Crippen LogP contribution is 2.39. The molecule has 0 radical (unpaired) electrons. The van der Waals surface area contributed by atoms with E-state index in [-0.39, 0.29) is 33.2 Å². The van der Waals surface area contributed by atoms with Crippen molar-refractivity contribution in [1.82, 2.24) is 10.3 Å². The van der Waals surface area contributed by atoms with Crippen LogP contribution in [-0.4, -0.2) is 40.3 Å². The number of hydrogen-bond acceptors (Lipinski definition) is 7. The van der Waals surface area contributed by atoms with Crippen LogP contribution in [0.1, 0.15) is 30.4 Å². The molecule has 1 heterocycles. The normalized spacial score (nSPS) is 13.4. The van der Waals surface area contributed by atoms with Crippen molar-refractivity contribution in [1.29, 1.82) is 0 Å². The zero-order chi connectivity index (χ0) is 24.7. The van der Waals surface area contributed by atoms with Crippen LogP contribution in [0.3, 0.4) is 0 Å². The highest BCUT2D eigenvalue weighted by atomic mass is 32.2. The SMILES string of the molecule is COc1ccnc(C(=S)N[C@@H](C)C(=O)O[C@@H](C)[C@H](Sc2ccccc2)c2ccc(F)cc2)c1O. The van der Waals surface area contributed by atoms with Gasteiger partial charge in [-0.3, -0.25) is 0 Å². The number of thiocarbonyl (C=S) groups is 1. The monoisotopic (exact) mass is 500 g/mol. The number of nitrogens with one attached hydrogen (secondary N) is 1. The Kier molecular flexibility index (Phi) is 8.84. The molecule has 0 unspecified atom stereocenters. The van der Waals surface area contributed by atoms with E-state index in [0.29, 0.717) is 0 Å². The molecule has 34 heavy (non-hydrogen) atoms. The molecule has 1 aromatic heterocycles. The first-order valence-electron chi connectivity index (χ1n) is 10.5. The molecule has 3 atom stereocenters. The number of carbonyl (C=O) groups excluding carboxylic acids is 1. The van der Waals surface area contributed by atoms with Crippen molar-refractivity contribution in [2.45, 2.75) is 36.1 Å². The summed E-state index contributed by atoms with van der Waals surface area (Å²) in [4.78, 5) is 18.0. The number of hydrogen-bond donors (Lipinski definition) is 2. The zero-order valence-corrected chi connectivity index (χ0v) is 20.5. The molecule has 2 aromatic carbocycles. The van der Waals surface area contributed by atoms with Gasteiger partial charge in [0.25, 0.3) is 0 Å². The largest absolute Gasteiger partial charge is 0.503 e. The van der Waals surface area contributed by atoms with Gasteiger partial charge < -0.3 is 19.9 Å². The molecule has 0 spiro atoms. The maximum absolute atomic E-state index is 13.5. The molecule has 2 N–H and O–H groups in total. The van der Waals surface area contributed by atoms with Crippen LogP contribution in [0.2, 0.25) is 0 Å². The van der Waals surface area contributed by atoms with Gasteiger partial charge in [0, 0.05) is 17.2 Å². The summed E-state index contributed by atoms with van der Waals surface area (Å²) < 4.78 is 24.3. The molecule has 9 heteroatoms. The standard InChI is InChI=1S/C25H25FN2O4S2/c1-15(28-24(33)21-22(29)20(31-3)13-14-27-21)25(30)32-16(2)23(17-9-11-18(26)12-10-17)34-19-7-5-4-6-8-19/h4-16,23,29H,1-3H3,(H,28,33)/t15-,16-,23-/m0/s1. The van der Waals surface area contributed by atoms with Crippen molar-refractivity contribution in [3.8, 4) is 11.5 Å². The Morgan fingerprint density at radius 3 is 2.44 bits per heavy atom. The summed E-state index contributed by atoms with van der Waals surface area (Å²) >= 11 is 6.84. The van der Waals surface area contributed by atoms with Crippen LogP contribution >= 0.6 is 24.0 Å². The minimum Gasteiger partial charge on any atom is -0.503 e. The van der Waals surface area contributed by atoms with Gasteiger partial charge in [0.1, 0.15) is 28.6 Å². The lowest BCUT2D eigenvalue weighted by molar-refractivity contribution is -0.149. The minimum atomic E-state index is -0.807. The lowest BCUT2D eigenvalue weighted by Crippen LogP contribution is -2.41. The summed E-state index contributed by atoms with van der Waals surface area (Å²) in [5.74, 6) is -0.860. The maximum Gasteiger partial charge on any atom is 0.328 e. The Morgan fingerprint density at radius 2 is 1.79 bits per heavy atom. The van der Waals surface area contributed by atoms with Crippen LogP contribution in [0.15, 0.2) is 71.8 Å². The summed E-state index contributed by atoms with van der Waals surface area (Å²) in [6.07, 6.45) is 0.908. The highest BCUT2D eigenvalue weighted by Gasteiger charge is 2.27. The number of halogens is 1. The predicted molar refractivity (Wildman–Crippen MR) is 134 cm³/mol. The molecule has 178 valence electrons. The number of thioether (sulfide) groups is 1. The second-order valence-electron chi connectivity index (χ2n) is 7.45. The van der Waals surface area contributed by atoms with E-state index in [0.717, 1.165) is 10.5 Å². The smallest absolute Gasteiger partial charge is 0.328 e. The fraction of sp³-hybridized carbons (Fsp3) is 0.240. The van der Waals surface area contributed by atoms with Crippen LogP contribution in [0.5, 0.6) is 11.5 Å². The number of benzene rings is 2. The number of esters is 1. The van der Waals surface area contributed by atoms with Crippen molar-refractivity contribution < 1.29 is 23.8 Å². The molecule has 0 bridgehead atoms. The number of aromatic hydroxyl groups is 1. The topological polar surface area (TPSA) is 80.7 Å². The Hall–Kier alpha value is -3.17. The molecule has 0 saturated carbocycles. The number of methoxy groups -OCH3 is 1. The van der Waals surface area contributed by atoms with Gasteiger partial charge in [-0.05, 0) is 43.7 Å². The molecule has 0 aliphatic heterocycles. The maximum atomic E-state index is 13.5. The Balaban J connectivity index is 1.71. The molecular weight excluding hydrogens is 475 g/mol. The van der Waals surface area contributed by atoms with E-state index in [1.54, 1.807) is 26.0 Å². The van der Waals surface area contributed by atoms with Gasteiger partial charge in [0.2, 0.25) is 0 Å². The van der Waals surface area contributed by atoms with E-state index < -0.39 is 18.1 Å². The van der Waals surface area contributed by atoms with E-state index in [1.807, 2.05) is 30.3 Å². The number of ether oxygens (including phenoxy) is 2. The van der Waals surface area contributed by atoms with Crippen LogP contribution in [0.4, 0.5) is 4.39 Å². The quantitative estimate of drug-likeness (QED) is 0.240. The molecule has 0 saturated heterocycles. The van der Waals surface area contributed by atoms with Crippen molar-refractivity contribution in [3.05, 3.63) is 83.9 Å². The van der Waals surface area contributed by atoms with Crippen LogP contribution in [0.25, 0.3) is 0 Å². The number of aromatic nitrogens is 1. The van der Waals surface area contributed by atoms with Crippen molar-refractivity contribution in [3.63, 3.8) is 0 Å². The average molecular weight is 501 g/mol. The molecule has 0 fully saturated rings. The highest BCUT2D eigenvalue weighted by molar-refractivity contribution is 7.99. The minimum absolute atomic E-state index is 0.0854. The van der Waals surface area contributed by atoms with E-state index >= 15 is 0 Å². The van der Waals surface area contributed by atoms with E-state index in [1.165, 1.54) is 43.3 Å². The molecule has 3 aromatic rings. The van der Waals surface area contributed by atoms with Crippen LogP contribution in [-0.2, 0) is 9.53 Å². The van der Waals surface area contributed by atoms with Crippen molar-refractivity contribution in [2.24, 2.45) is 0 Å². The van der Waals surface area contributed by atoms with Gasteiger partial charge in [-0.15, -0.1) is 11.8 Å². The predicted octanol–water partition coefficient (Wildman–Crippen LogP) is 5.05. The number of nitrogens with zero attached hydrogens (tertiary/aromatic N) is 1. The third-order valence-electron chi connectivity index (χ3n) is 4.96. The number of pyridine rings is 1. The van der Waals surface area contributed by atoms with E-state index in [2.05, 4.69) is 10.3 Å². The van der Waals surface area contributed by atoms with Crippen molar-refractivity contribution in [2.75, 3.05) is 7.11 Å². The molecule has 0 aliphatic rings. The van der Waals surface area contributed by atoms with Gasteiger partial charge >= 0.3 is 5.97 Å². The Labute approximate surface area is 207 Å². The van der Waals surface area contributed by atoms with Crippen LogP contribution in [0, 0.1) is 5.82 Å². The van der Waals surface area contributed by atoms with Gasteiger partial charge in [-0.1, -0.05) is 42.5 Å². The van der Waals surface area contributed by atoms with Crippen molar-refractivity contribution >= 4 is 34.9 Å². The van der Waals surface area contributed by atoms with E-state index in [9.17, 15) is 14.3 Å². The fourth-order valence-corrected chi connectivity index (χ4v) is 4.65. The molecule has 3 rings (SSSR count). The lowest BCUT2D eigenvalue weighted by atomic mass is 10.1. The molecular formula is C25H25FN2O4S2. The Bertz CT molecular complexity index is 1130. The Morgan fingerprint density at radius 1 is 1.12 bits per heavy atom. The van der Waals surface area contributed by atoms with Crippen LogP contribution < -0.4 is 10.1 Å². The lowest BCUT2D eigenvalue weighted by Gasteiger charge is -2.26. The first kappa shape index (κ1) is 25.5. The summed E-state index contributed by atoms with van der Waals surface area (Å²) in [5.41, 5.74) is 0.933. The van der Waals surface area contributed by atoms with Gasteiger partial charge in [0.05, 0.1) is 12.4 Å². The third-order valence-corrected chi connectivity index (χ3v) is 6.72. The second-order valence-corrected chi connectivity index (χ2v) is 9.07. The zero-order valence-electron chi connectivity index (χ0n) is 18.9. The molecule has 0 amide bonds. The van der Waals surface area contributed by atoms with Gasteiger partial charge in [-0.2, -0.15) is 0 Å². The number of carbonyl (C=O) groups is 1. The summed E-state index contributed by atoms with van der Waals surface area (Å²) in [5, 5.41) is 12.8. The summed E-state index contributed by atoms with van der Waals surface area (Å²) in [6.45, 7) is 3.40. The summed E-state index contributed by atoms with van der Waals surface area (Å²) in [6, 6.07) is 16.5. The first-order valence-corrected chi connectivity index (χ1v) is 11.8. The third kappa shape index (κ3) is 6.45. The van der Waals surface area contributed by atoms with Gasteiger partial charge in [-0.25, -0.2) is 14.2 Å². The number of rotatable bonds is 9. The first-order chi connectivity index (χ1) is 16.3. The van der Waals surface area contributed by atoms with E-state index in [4.69, 9.17) is 21.7 Å². The molecule has 0 aliphatic carbocycles. The summed E-state index contributed by atoms with van der Waals surface area (Å²) in [7, 11) is 1.42. The average Bonchev–Trinajstić information content (AvgIpc) is 2.83. The van der Waals surface area contributed by atoms with Gasteiger partial charge in [0.15, 0.2) is 11.5 Å². The second kappa shape index (κ2) is 11.8. The molecule has 6 nitrogen and oxygen atoms in total.